The summed E-state index contributed by atoms with van der Waals surface area (Å²) >= 11 is 9.17. The Hall–Kier alpha value is -0.880. The lowest BCUT2D eigenvalue weighted by atomic mass is 10.3. The molecule has 2 rings (SSSR count). The van der Waals surface area contributed by atoms with Crippen molar-refractivity contribution in [3.8, 4) is 0 Å². The van der Waals surface area contributed by atoms with E-state index in [2.05, 4.69) is 31.2 Å². The van der Waals surface area contributed by atoms with Crippen LogP contribution < -0.4 is 5.32 Å². The maximum atomic E-state index is 12.1. The highest BCUT2D eigenvalue weighted by Gasteiger charge is 2.24. The number of carbonyl (C=O) groups excluding carboxylic acids is 1. The molecule has 0 bridgehead atoms. The minimum Gasteiger partial charge on any atom is -0.358 e. The van der Waals surface area contributed by atoms with Gasteiger partial charge in [0.25, 0.3) is 0 Å². The summed E-state index contributed by atoms with van der Waals surface area (Å²) in [5.41, 5.74) is 0. The maximum absolute atomic E-state index is 12.1. The average Bonchev–Trinajstić information content (AvgIpc) is 2.87. The van der Waals surface area contributed by atoms with Gasteiger partial charge in [0.1, 0.15) is 23.3 Å². The zero-order chi connectivity index (χ0) is 13.1. The van der Waals surface area contributed by atoms with Crippen molar-refractivity contribution < 1.29 is 4.79 Å². The molecule has 1 fully saturated rings. The van der Waals surface area contributed by atoms with Gasteiger partial charge < -0.3 is 10.2 Å². The Balaban J connectivity index is 2.04. The zero-order valence-electron chi connectivity index (χ0n) is 9.99. The van der Waals surface area contributed by atoms with Gasteiger partial charge in [-0.25, -0.2) is 9.97 Å². The maximum Gasteiger partial charge on any atom is 0.244 e. The van der Waals surface area contributed by atoms with Crippen LogP contribution in [-0.4, -0.2) is 39.9 Å². The predicted molar refractivity (Wildman–Crippen MR) is 73.6 cm³/mol. The first-order valence-corrected chi connectivity index (χ1v) is 6.98. The fraction of sp³-hybridized carbons (Fsp3) is 0.545. The van der Waals surface area contributed by atoms with Crippen molar-refractivity contribution in [2.24, 2.45) is 0 Å². The molecule has 98 valence electrons. The van der Waals surface area contributed by atoms with Gasteiger partial charge in [-0.2, -0.15) is 0 Å². The van der Waals surface area contributed by atoms with E-state index < -0.39 is 0 Å². The number of anilines is 1. The molecule has 1 N–H and O–H groups in total. The van der Waals surface area contributed by atoms with E-state index in [9.17, 15) is 4.79 Å². The summed E-state index contributed by atoms with van der Waals surface area (Å²) in [6, 6.07) is -0.328. The van der Waals surface area contributed by atoms with Gasteiger partial charge in [-0.3, -0.25) is 4.79 Å². The highest BCUT2D eigenvalue weighted by Crippen LogP contribution is 2.26. The molecule has 0 saturated carbocycles. The summed E-state index contributed by atoms with van der Waals surface area (Å²) in [6.45, 7) is 3.51. The predicted octanol–water partition coefficient (Wildman–Crippen LogP) is 2.32. The smallest absolute Gasteiger partial charge is 0.244 e. The molecule has 1 saturated heterocycles. The second-order valence-corrected chi connectivity index (χ2v) is 5.38. The van der Waals surface area contributed by atoms with Crippen molar-refractivity contribution in [1.29, 1.82) is 0 Å². The lowest BCUT2D eigenvalue weighted by Crippen LogP contribution is -2.39. The highest BCUT2D eigenvalue weighted by molar-refractivity contribution is 9.10. The summed E-state index contributed by atoms with van der Waals surface area (Å²) in [7, 11) is 0. The quantitative estimate of drug-likeness (QED) is 0.863. The van der Waals surface area contributed by atoms with Crippen molar-refractivity contribution in [2.75, 3.05) is 18.4 Å². The van der Waals surface area contributed by atoms with Crippen LogP contribution in [0, 0.1) is 0 Å². The van der Waals surface area contributed by atoms with E-state index in [0.717, 1.165) is 25.9 Å². The molecule has 1 aliphatic rings. The van der Waals surface area contributed by atoms with Gasteiger partial charge in [0, 0.05) is 13.1 Å². The van der Waals surface area contributed by atoms with E-state index in [0.29, 0.717) is 15.4 Å². The van der Waals surface area contributed by atoms with E-state index in [1.54, 1.807) is 0 Å². The lowest BCUT2D eigenvalue weighted by molar-refractivity contribution is -0.130. The summed E-state index contributed by atoms with van der Waals surface area (Å²) in [5, 5.41) is 3.38. The Labute approximate surface area is 119 Å². The molecule has 5 nitrogen and oxygen atoms in total. The molecule has 2 heterocycles. The van der Waals surface area contributed by atoms with Gasteiger partial charge >= 0.3 is 0 Å². The fourth-order valence-electron chi connectivity index (χ4n) is 1.93. The number of amides is 1. The molecule has 18 heavy (non-hydrogen) atoms. The number of nitrogens with zero attached hydrogens (tertiary/aromatic N) is 3. The number of aromatic nitrogens is 2. The summed E-state index contributed by atoms with van der Waals surface area (Å²) in [6.07, 6.45) is 3.53. The van der Waals surface area contributed by atoms with Gasteiger partial charge in [0.15, 0.2) is 0 Å². The number of halogens is 2. The van der Waals surface area contributed by atoms with Crippen LogP contribution in [0.4, 0.5) is 5.82 Å². The average molecular weight is 334 g/mol. The van der Waals surface area contributed by atoms with Crippen LogP contribution >= 0.6 is 27.5 Å². The van der Waals surface area contributed by atoms with Crippen molar-refractivity contribution in [3.05, 3.63) is 16.0 Å². The van der Waals surface area contributed by atoms with E-state index in [1.165, 1.54) is 6.33 Å². The van der Waals surface area contributed by atoms with Gasteiger partial charge in [-0.1, -0.05) is 11.6 Å². The third-order valence-electron chi connectivity index (χ3n) is 2.89. The number of hydrogen-bond donors (Lipinski definition) is 1. The summed E-state index contributed by atoms with van der Waals surface area (Å²) in [5.74, 6) is 0.629. The first-order chi connectivity index (χ1) is 8.59. The second kappa shape index (κ2) is 5.84. The first-order valence-electron chi connectivity index (χ1n) is 5.81. The molecule has 1 unspecified atom stereocenters. The van der Waals surface area contributed by atoms with Crippen molar-refractivity contribution in [1.82, 2.24) is 14.9 Å². The molecule has 7 heteroatoms. The fourth-order valence-corrected chi connectivity index (χ4v) is 2.38. The van der Waals surface area contributed by atoms with Crippen LogP contribution in [0.15, 0.2) is 10.8 Å². The molecule has 1 aromatic rings. The third-order valence-corrected chi connectivity index (χ3v) is 4.15. The molecular weight excluding hydrogens is 320 g/mol. The molecule has 0 aliphatic carbocycles. The standard InChI is InChI=1S/C11H14BrClN4O/c1-7(11(18)17-4-2-3-5-17)16-10-8(12)9(13)14-6-15-10/h6-7H,2-5H2,1H3,(H,14,15,16). The van der Waals surface area contributed by atoms with E-state index in [-0.39, 0.29) is 11.9 Å². The summed E-state index contributed by atoms with van der Waals surface area (Å²) < 4.78 is 0.577. The normalized spacial score (nSPS) is 16.7. The molecular formula is C11H14BrClN4O. The van der Waals surface area contributed by atoms with Crippen molar-refractivity contribution >= 4 is 39.3 Å². The number of carbonyl (C=O) groups is 1. The van der Waals surface area contributed by atoms with Crippen molar-refractivity contribution in [3.63, 3.8) is 0 Å². The molecule has 0 spiro atoms. The van der Waals surface area contributed by atoms with Gasteiger partial charge in [-0.15, -0.1) is 0 Å². The molecule has 0 radical (unpaired) electrons. The Morgan fingerprint density at radius 3 is 2.83 bits per heavy atom. The number of nitrogens with one attached hydrogen (secondary N) is 1. The SMILES string of the molecule is CC(Nc1ncnc(Cl)c1Br)C(=O)N1CCCC1. The van der Waals surface area contributed by atoms with E-state index >= 15 is 0 Å². The third kappa shape index (κ3) is 2.92. The van der Waals surface area contributed by atoms with Crippen LogP contribution in [0.2, 0.25) is 5.15 Å². The molecule has 0 aromatic carbocycles. The van der Waals surface area contributed by atoms with Crippen LogP contribution in [0.25, 0.3) is 0 Å². The van der Waals surface area contributed by atoms with Crippen LogP contribution in [0.1, 0.15) is 19.8 Å². The van der Waals surface area contributed by atoms with Gasteiger partial charge in [-0.05, 0) is 35.7 Å². The van der Waals surface area contributed by atoms with Crippen LogP contribution in [-0.2, 0) is 4.79 Å². The summed E-state index contributed by atoms with van der Waals surface area (Å²) in [4.78, 5) is 21.9. The molecule has 1 atom stereocenters. The Bertz CT molecular complexity index is 451. The Morgan fingerprint density at radius 2 is 2.17 bits per heavy atom. The number of rotatable bonds is 3. The molecule has 1 aromatic heterocycles. The minimum absolute atomic E-state index is 0.0918. The first kappa shape index (κ1) is 13.5. The molecule has 1 aliphatic heterocycles. The van der Waals surface area contributed by atoms with E-state index in [1.807, 2.05) is 11.8 Å². The minimum atomic E-state index is -0.328. The van der Waals surface area contributed by atoms with Gasteiger partial charge in [0.2, 0.25) is 5.91 Å². The van der Waals surface area contributed by atoms with Crippen LogP contribution in [0.3, 0.4) is 0 Å². The topological polar surface area (TPSA) is 58.1 Å². The Kier molecular flexibility index (Phi) is 4.40. The number of hydrogen-bond acceptors (Lipinski definition) is 4. The highest BCUT2D eigenvalue weighted by atomic mass is 79.9. The molecule has 1 amide bonds. The second-order valence-electron chi connectivity index (χ2n) is 4.23. The van der Waals surface area contributed by atoms with Crippen LogP contribution in [0.5, 0.6) is 0 Å². The monoisotopic (exact) mass is 332 g/mol. The largest absolute Gasteiger partial charge is 0.358 e. The number of likely N-dealkylation sites (tertiary alicyclic amines) is 1. The van der Waals surface area contributed by atoms with Gasteiger partial charge in [0.05, 0.1) is 4.47 Å². The lowest BCUT2D eigenvalue weighted by Gasteiger charge is -2.21. The zero-order valence-corrected chi connectivity index (χ0v) is 12.3. The Morgan fingerprint density at radius 1 is 1.50 bits per heavy atom. The van der Waals surface area contributed by atoms with Crippen molar-refractivity contribution in [2.45, 2.75) is 25.8 Å². The van der Waals surface area contributed by atoms with E-state index in [4.69, 9.17) is 11.6 Å².